The molecule has 0 saturated carbocycles. The largest absolute Gasteiger partial charge is 0.456 e. The van der Waals surface area contributed by atoms with E-state index in [1.165, 1.54) is 0 Å². The molecule has 0 aliphatic rings. The molecular formula is C18H16O3. The smallest absolute Gasteiger partial charge is 0.135 e. The van der Waals surface area contributed by atoms with Crippen molar-refractivity contribution in [2.75, 3.05) is 0 Å². The average Bonchev–Trinajstić information content (AvgIpc) is 3.04. The topological polar surface area (TPSA) is 53.6 Å². The van der Waals surface area contributed by atoms with Crippen LogP contribution in [-0.2, 0) is 13.2 Å². The maximum atomic E-state index is 9.41. The molecule has 1 heterocycles. The van der Waals surface area contributed by atoms with Gasteiger partial charge in [-0.15, -0.1) is 0 Å². The molecule has 3 rings (SSSR count). The fraction of sp³-hybridized carbons (Fsp3) is 0.111. The minimum absolute atomic E-state index is 0.0283. The number of hydrogen-bond acceptors (Lipinski definition) is 3. The van der Waals surface area contributed by atoms with Crippen molar-refractivity contribution in [3.8, 4) is 22.6 Å². The van der Waals surface area contributed by atoms with E-state index in [0.29, 0.717) is 11.5 Å². The standard InChI is InChI=1S/C18H16O3/c19-11-13-5-1-3-7-15(13)17-9-10-18(21-17)16-8-4-2-6-14(16)12-20/h1-10,19-20H,11-12H2. The van der Waals surface area contributed by atoms with E-state index in [4.69, 9.17) is 4.42 Å². The van der Waals surface area contributed by atoms with Crippen molar-refractivity contribution in [2.45, 2.75) is 13.2 Å². The molecule has 1 aromatic heterocycles. The second kappa shape index (κ2) is 5.95. The van der Waals surface area contributed by atoms with Gasteiger partial charge in [0, 0.05) is 11.1 Å². The predicted molar refractivity (Wildman–Crippen MR) is 81.4 cm³/mol. The van der Waals surface area contributed by atoms with Crippen molar-refractivity contribution >= 4 is 0 Å². The fourth-order valence-electron chi connectivity index (χ4n) is 2.42. The normalized spacial score (nSPS) is 10.8. The Hall–Kier alpha value is -2.36. The van der Waals surface area contributed by atoms with Crippen LogP contribution in [-0.4, -0.2) is 10.2 Å². The summed E-state index contributed by atoms with van der Waals surface area (Å²) < 4.78 is 5.92. The summed E-state index contributed by atoms with van der Waals surface area (Å²) in [5, 5.41) is 18.8. The molecule has 3 aromatic rings. The molecular weight excluding hydrogens is 264 g/mol. The Kier molecular flexibility index (Phi) is 3.86. The molecule has 0 fully saturated rings. The van der Waals surface area contributed by atoms with Gasteiger partial charge in [0.25, 0.3) is 0 Å². The summed E-state index contributed by atoms with van der Waals surface area (Å²) in [6.07, 6.45) is 0. The molecule has 2 N–H and O–H groups in total. The van der Waals surface area contributed by atoms with Crippen LogP contribution >= 0.6 is 0 Å². The maximum absolute atomic E-state index is 9.41. The molecule has 0 spiro atoms. The monoisotopic (exact) mass is 280 g/mol. The summed E-state index contributed by atoms with van der Waals surface area (Å²) in [5.41, 5.74) is 3.42. The highest BCUT2D eigenvalue weighted by Gasteiger charge is 2.11. The van der Waals surface area contributed by atoms with Gasteiger partial charge in [0.05, 0.1) is 13.2 Å². The summed E-state index contributed by atoms with van der Waals surface area (Å²) >= 11 is 0. The summed E-state index contributed by atoms with van der Waals surface area (Å²) in [4.78, 5) is 0. The molecule has 0 saturated heterocycles. The fourth-order valence-corrected chi connectivity index (χ4v) is 2.42. The minimum Gasteiger partial charge on any atom is -0.456 e. The molecule has 0 atom stereocenters. The molecule has 2 aromatic carbocycles. The van der Waals surface area contributed by atoms with E-state index in [0.717, 1.165) is 22.3 Å². The van der Waals surface area contributed by atoms with Crippen molar-refractivity contribution in [2.24, 2.45) is 0 Å². The zero-order valence-electron chi connectivity index (χ0n) is 11.5. The molecule has 21 heavy (non-hydrogen) atoms. The van der Waals surface area contributed by atoms with Gasteiger partial charge in [0.15, 0.2) is 0 Å². The molecule has 0 aliphatic heterocycles. The van der Waals surface area contributed by atoms with Crippen molar-refractivity contribution in [3.05, 3.63) is 71.8 Å². The summed E-state index contributed by atoms with van der Waals surface area (Å²) in [5.74, 6) is 1.42. The Bertz CT molecular complexity index is 681. The van der Waals surface area contributed by atoms with Gasteiger partial charge in [0.2, 0.25) is 0 Å². The molecule has 0 bridgehead atoms. The lowest BCUT2D eigenvalue weighted by Crippen LogP contribution is -1.88. The highest BCUT2D eigenvalue weighted by atomic mass is 16.3. The number of aliphatic hydroxyl groups excluding tert-OH is 2. The Labute approximate surface area is 123 Å². The van der Waals surface area contributed by atoms with E-state index in [1.54, 1.807) is 0 Å². The quantitative estimate of drug-likeness (QED) is 0.767. The second-order valence-corrected chi connectivity index (χ2v) is 4.79. The molecule has 0 amide bonds. The van der Waals surface area contributed by atoms with Crippen LogP contribution in [0.5, 0.6) is 0 Å². The van der Waals surface area contributed by atoms with E-state index < -0.39 is 0 Å². The van der Waals surface area contributed by atoms with Crippen LogP contribution in [0.1, 0.15) is 11.1 Å². The van der Waals surface area contributed by atoms with E-state index in [9.17, 15) is 10.2 Å². The van der Waals surface area contributed by atoms with Crippen LogP contribution in [0.2, 0.25) is 0 Å². The first kappa shape index (κ1) is 13.6. The lowest BCUT2D eigenvalue weighted by Gasteiger charge is -2.05. The third-order valence-electron chi connectivity index (χ3n) is 3.51. The van der Waals surface area contributed by atoms with Crippen molar-refractivity contribution in [1.29, 1.82) is 0 Å². The molecule has 106 valence electrons. The number of hydrogen-bond donors (Lipinski definition) is 2. The number of rotatable bonds is 4. The molecule has 3 heteroatoms. The van der Waals surface area contributed by atoms with Crippen molar-refractivity contribution in [1.82, 2.24) is 0 Å². The molecule has 0 radical (unpaired) electrons. The Balaban J connectivity index is 2.04. The summed E-state index contributed by atoms with van der Waals surface area (Å²) in [6, 6.07) is 19.0. The Morgan fingerprint density at radius 3 is 1.48 bits per heavy atom. The molecule has 3 nitrogen and oxygen atoms in total. The van der Waals surface area contributed by atoms with Gasteiger partial charge in [-0.3, -0.25) is 0 Å². The number of benzene rings is 2. The average molecular weight is 280 g/mol. The van der Waals surface area contributed by atoms with Gasteiger partial charge >= 0.3 is 0 Å². The number of furan rings is 1. The summed E-state index contributed by atoms with van der Waals surface area (Å²) in [7, 11) is 0. The van der Waals surface area contributed by atoms with E-state index in [-0.39, 0.29) is 13.2 Å². The van der Waals surface area contributed by atoms with Gasteiger partial charge < -0.3 is 14.6 Å². The van der Waals surface area contributed by atoms with Crippen molar-refractivity contribution in [3.63, 3.8) is 0 Å². The first-order valence-electron chi connectivity index (χ1n) is 6.81. The lowest BCUT2D eigenvalue weighted by atomic mass is 10.1. The molecule has 0 unspecified atom stereocenters. The van der Waals surface area contributed by atoms with Crippen LogP contribution in [0.4, 0.5) is 0 Å². The second-order valence-electron chi connectivity index (χ2n) is 4.79. The zero-order valence-corrected chi connectivity index (χ0v) is 11.5. The van der Waals surface area contributed by atoms with Gasteiger partial charge in [-0.1, -0.05) is 48.5 Å². The highest BCUT2D eigenvalue weighted by molar-refractivity contribution is 5.68. The van der Waals surface area contributed by atoms with Crippen LogP contribution in [0.25, 0.3) is 22.6 Å². The highest BCUT2D eigenvalue weighted by Crippen LogP contribution is 2.32. The Morgan fingerprint density at radius 1 is 0.619 bits per heavy atom. The zero-order chi connectivity index (χ0) is 14.7. The van der Waals surface area contributed by atoms with Gasteiger partial charge in [-0.2, -0.15) is 0 Å². The third-order valence-corrected chi connectivity index (χ3v) is 3.51. The van der Waals surface area contributed by atoms with Crippen LogP contribution in [0, 0.1) is 0 Å². The lowest BCUT2D eigenvalue weighted by molar-refractivity contribution is 0.282. The predicted octanol–water partition coefficient (Wildman–Crippen LogP) is 3.60. The molecule has 0 aliphatic carbocycles. The van der Waals surface area contributed by atoms with Crippen LogP contribution < -0.4 is 0 Å². The number of aliphatic hydroxyl groups is 2. The van der Waals surface area contributed by atoms with Gasteiger partial charge in [-0.05, 0) is 23.3 Å². The first-order valence-corrected chi connectivity index (χ1v) is 6.81. The van der Waals surface area contributed by atoms with Gasteiger partial charge in [-0.25, -0.2) is 0 Å². The van der Waals surface area contributed by atoms with Crippen molar-refractivity contribution < 1.29 is 14.6 Å². The SMILES string of the molecule is OCc1ccccc1-c1ccc(-c2ccccc2CO)o1. The van der Waals surface area contributed by atoms with E-state index in [1.807, 2.05) is 60.7 Å². The minimum atomic E-state index is -0.0283. The third kappa shape index (κ3) is 2.61. The maximum Gasteiger partial charge on any atom is 0.135 e. The van der Waals surface area contributed by atoms with Crippen LogP contribution in [0.3, 0.4) is 0 Å². The van der Waals surface area contributed by atoms with E-state index >= 15 is 0 Å². The Morgan fingerprint density at radius 2 is 1.05 bits per heavy atom. The first-order chi connectivity index (χ1) is 10.3. The van der Waals surface area contributed by atoms with Crippen LogP contribution in [0.15, 0.2) is 65.1 Å². The van der Waals surface area contributed by atoms with Gasteiger partial charge in [0.1, 0.15) is 11.5 Å². The van der Waals surface area contributed by atoms with E-state index in [2.05, 4.69) is 0 Å². The summed E-state index contributed by atoms with van der Waals surface area (Å²) in [6.45, 7) is -0.0567.